The molecule has 102 valence electrons. The van der Waals surface area contributed by atoms with Crippen molar-refractivity contribution in [2.75, 3.05) is 0 Å². The molecule has 0 bridgehead atoms. The molecular formula is C13H13BrClIN2S. The van der Waals surface area contributed by atoms with E-state index in [-0.39, 0.29) is 0 Å². The molecule has 0 N–H and O–H groups in total. The van der Waals surface area contributed by atoms with Gasteiger partial charge in [-0.3, -0.25) is 0 Å². The van der Waals surface area contributed by atoms with Crippen molar-refractivity contribution >= 4 is 61.5 Å². The molecule has 0 aliphatic rings. The molecule has 0 aliphatic carbocycles. The lowest BCUT2D eigenvalue weighted by molar-refractivity contribution is 0.632. The Bertz CT molecular complexity index is 593. The zero-order valence-electron chi connectivity index (χ0n) is 10.8. The van der Waals surface area contributed by atoms with Gasteiger partial charge in [-0.15, -0.1) is 11.3 Å². The van der Waals surface area contributed by atoms with Crippen LogP contribution < -0.4 is 0 Å². The van der Waals surface area contributed by atoms with Crippen LogP contribution in [-0.2, 0) is 6.42 Å². The fraction of sp³-hybridized carbons (Fsp3) is 0.385. The maximum atomic E-state index is 6.23. The van der Waals surface area contributed by atoms with Crippen molar-refractivity contribution in [2.45, 2.75) is 27.2 Å². The monoisotopic (exact) mass is 470 g/mol. The van der Waals surface area contributed by atoms with E-state index < -0.39 is 0 Å². The lowest BCUT2D eigenvalue weighted by Crippen LogP contribution is -2.04. The van der Waals surface area contributed by atoms with Crippen molar-refractivity contribution in [3.8, 4) is 10.7 Å². The van der Waals surface area contributed by atoms with Crippen LogP contribution >= 0.6 is 61.5 Å². The Morgan fingerprint density at radius 3 is 2.63 bits per heavy atom. The first kappa shape index (κ1) is 15.7. The third kappa shape index (κ3) is 3.68. The average molecular weight is 472 g/mol. The van der Waals surface area contributed by atoms with E-state index in [0.717, 1.165) is 30.9 Å². The topological polar surface area (TPSA) is 25.8 Å². The standard InChI is InChI=1S/C13H13BrClIN2S/c1-6(2)4-9-11(16)12(15)18-13(17-9)10-5-8(14)7(3)19-10/h5-6H,4H2,1-3H3. The van der Waals surface area contributed by atoms with Gasteiger partial charge in [-0.1, -0.05) is 25.4 Å². The normalized spacial score (nSPS) is 11.3. The van der Waals surface area contributed by atoms with Crippen molar-refractivity contribution in [1.82, 2.24) is 9.97 Å². The second-order valence-electron chi connectivity index (χ2n) is 4.71. The lowest BCUT2D eigenvalue weighted by atomic mass is 10.1. The number of aryl methyl sites for hydroxylation is 1. The fourth-order valence-electron chi connectivity index (χ4n) is 1.67. The number of thiophene rings is 1. The van der Waals surface area contributed by atoms with Gasteiger partial charge in [0, 0.05) is 9.35 Å². The van der Waals surface area contributed by atoms with Crippen molar-refractivity contribution in [3.63, 3.8) is 0 Å². The van der Waals surface area contributed by atoms with Crippen LogP contribution in [0.15, 0.2) is 10.5 Å². The summed E-state index contributed by atoms with van der Waals surface area (Å²) in [5.74, 6) is 1.27. The predicted octanol–water partition coefficient (Wildman–Crippen LogP) is 5.73. The largest absolute Gasteiger partial charge is 0.231 e. The Hall–Kier alpha value is 0.280. The first-order chi connectivity index (χ1) is 8.88. The van der Waals surface area contributed by atoms with Crippen molar-refractivity contribution in [3.05, 3.63) is 29.8 Å². The summed E-state index contributed by atoms with van der Waals surface area (Å²) < 4.78 is 2.06. The van der Waals surface area contributed by atoms with Gasteiger partial charge in [0.15, 0.2) is 5.82 Å². The molecule has 0 amide bonds. The van der Waals surface area contributed by atoms with E-state index in [1.165, 1.54) is 4.88 Å². The SMILES string of the molecule is Cc1sc(-c2nc(Cl)c(I)c(CC(C)C)n2)cc1Br. The quantitative estimate of drug-likeness (QED) is 0.422. The van der Waals surface area contributed by atoms with Crippen LogP contribution in [0.4, 0.5) is 0 Å². The van der Waals surface area contributed by atoms with Gasteiger partial charge in [0.05, 0.1) is 14.1 Å². The number of nitrogens with zero attached hydrogens (tertiary/aromatic N) is 2. The molecule has 2 heterocycles. The Kier molecular flexibility index (Phi) is 5.25. The summed E-state index contributed by atoms with van der Waals surface area (Å²) in [6, 6.07) is 2.05. The molecule has 6 heteroatoms. The van der Waals surface area contributed by atoms with Crippen molar-refractivity contribution < 1.29 is 0 Å². The fourth-order valence-corrected chi connectivity index (χ4v) is 3.78. The van der Waals surface area contributed by atoms with E-state index in [2.05, 4.69) is 75.3 Å². The van der Waals surface area contributed by atoms with Crippen LogP contribution in [0.2, 0.25) is 5.15 Å². The number of aromatic nitrogens is 2. The van der Waals surface area contributed by atoms with E-state index in [1.807, 2.05) is 0 Å². The summed E-state index contributed by atoms with van der Waals surface area (Å²) in [5, 5.41) is 0.545. The number of hydrogen-bond acceptors (Lipinski definition) is 3. The molecule has 0 aliphatic heterocycles. The molecule has 0 saturated carbocycles. The summed E-state index contributed by atoms with van der Waals surface area (Å²) in [7, 11) is 0. The number of hydrogen-bond donors (Lipinski definition) is 0. The Balaban J connectivity index is 2.49. The van der Waals surface area contributed by atoms with E-state index >= 15 is 0 Å². The van der Waals surface area contributed by atoms with E-state index in [1.54, 1.807) is 11.3 Å². The molecule has 0 unspecified atom stereocenters. The summed E-state index contributed by atoms with van der Waals surface area (Å²) in [5.41, 5.74) is 1.03. The van der Waals surface area contributed by atoms with Crippen LogP contribution in [-0.4, -0.2) is 9.97 Å². The summed E-state index contributed by atoms with van der Waals surface area (Å²) >= 11 is 13.7. The summed E-state index contributed by atoms with van der Waals surface area (Å²) in [6.07, 6.45) is 0.916. The second-order valence-corrected chi connectivity index (χ2v) is 8.26. The zero-order chi connectivity index (χ0) is 14.2. The number of rotatable bonds is 3. The highest BCUT2D eigenvalue weighted by atomic mass is 127. The first-order valence-corrected chi connectivity index (χ1v) is 8.93. The molecule has 0 fully saturated rings. The lowest BCUT2D eigenvalue weighted by Gasteiger charge is -2.09. The molecule has 0 radical (unpaired) electrons. The van der Waals surface area contributed by atoms with Crippen molar-refractivity contribution in [1.29, 1.82) is 0 Å². The molecule has 0 saturated heterocycles. The molecule has 2 nitrogen and oxygen atoms in total. The molecule has 2 aromatic rings. The van der Waals surface area contributed by atoms with Gasteiger partial charge in [-0.25, -0.2) is 9.97 Å². The minimum atomic E-state index is 0.545. The maximum absolute atomic E-state index is 6.23. The van der Waals surface area contributed by atoms with Crippen LogP contribution in [0.1, 0.15) is 24.4 Å². The first-order valence-electron chi connectivity index (χ1n) is 5.86. The third-order valence-corrected chi connectivity index (χ3v) is 6.42. The molecule has 2 aromatic heterocycles. The van der Waals surface area contributed by atoms with Gasteiger partial charge < -0.3 is 0 Å². The molecule has 2 rings (SSSR count). The Labute approximate surface area is 144 Å². The smallest absolute Gasteiger partial charge is 0.171 e. The third-order valence-electron chi connectivity index (χ3n) is 2.56. The summed E-state index contributed by atoms with van der Waals surface area (Å²) in [4.78, 5) is 11.4. The minimum Gasteiger partial charge on any atom is -0.231 e. The molecule has 0 spiro atoms. The molecule has 0 atom stereocenters. The zero-order valence-corrected chi connectivity index (χ0v) is 16.1. The average Bonchev–Trinajstić information content (AvgIpc) is 2.65. The number of halogens is 3. The highest BCUT2D eigenvalue weighted by Gasteiger charge is 2.15. The van der Waals surface area contributed by atoms with Crippen LogP contribution in [0.25, 0.3) is 10.7 Å². The highest BCUT2D eigenvalue weighted by molar-refractivity contribution is 14.1. The maximum Gasteiger partial charge on any atom is 0.171 e. The van der Waals surface area contributed by atoms with Gasteiger partial charge in [0.2, 0.25) is 0 Å². The van der Waals surface area contributed by atoms with Gasteiger partial charge in [-0.2, -0.15) is 0 Å². The van der Waals surface area contributed by atoms with Crippen LogP contribution in [0, 0.1) is 16.4 Å². The van der Waals surface area contributed by atoms with Crippen LogP contribution in [0.3, 0.4) is 0 Å². The minimum absolute atomic E-state index is 0.545. The van der Waals surface area contributed by atoms with Crippen LogP contribution in [0.5, 0.6) is 0 Å². The van der Waals surface area contributed by atoms with Crippen molar-refractivity contribution in [2.24, 2.45) is 5.92 Å². The van der Waals surface area contributed by atoms with E-state index in [4.69, 9.17) is 11.6 Å². The van der Waals surface area contributed by atoms with Gasteiger partial charge in [-0.05, 0) is 63.8 Å². The van der Waals surface area contributed by atoms with Gasteiger partial charge in [0.1, 0.15) is 5.15 Å². The van der Waals surface area contributed by atoms with Gasteiger partial charge in [0.25, 0.3) is 0 Å². The summed E-state index contributed by atoms with van der Waals surface area (Å²) in [6.45, 7) is 6.43. The molecular weight excluding hydrogens is 458 g/mol. The van der Waals surface area contributed by atoms with Gasteiger partial charge >= 0.3 is 0 Å². The molecule has 0 aromatic carbocycles. The Morgan fingerprint density at radius 1 is 1.42 bits per heavy atom. The van der Waals surface area contributed by atoms with E-state index in [9.17, 15) is 0 Å². The second kappa shape index (κ2) is 6.37. The Morgan fingerprint density at radius 2 is 2.11 bits per heavy atom. The molecule has 19 heavy (non-hydrogen) atoms. The van der Waals surface area contributed by atoms with E-state index in [0.29, 0.717) is 11.1 Å². The highest BCUT2D eigenvalue weighted by Crippen LogP contribution is 2.34. The predicted molar refractivity (Wildman–Crippen MR) is 94.1 cm³/mol.